The van der Waals surface area contributed by atoms with Crippen molar-refractivity contribution >= 4 is 16.7 Å². The van der Waals surface area contributed by atoms with Crippen molar-refractivity contribution in [2.75, 3.05) is 32.7 Å². The first-order chi connectivity index (χ1) is 11.2. The Bertz CT molecular complexity index is 657. The summed E-state index contributed by atoms with van der Waals surface area (Å²) in [6, 6.07) is 14.6. The number of nitrogens with zero attached hydrogens (tertiary/aromatic N) is 1. The zero-order valence-corrected chi connectivity index (χ0v) is 13.7. The largest absolute Gasteiger partial charge is 0.348 e. The van der Waals surface area contributed by atoms with Gasteiger partial charge in [0.05, 0.1) is 12.6 Å². The molecule has 3 rings (SSSR count). The monoisotopic (exact) mass is 311 g/mol. The van der Waals surface area contributed by atoms with Crippen LogP contribution in [0.4, 0.5) is 0 Å². The highest BCUT2D eigenvalue weighted by atomic mass is 16.2. The summed E-state index contributed by atoms with van der Waals surface area (Å²) in [7, 11) is 0. The summed E-state index contributed by atoms with van der Waals surface area (Å²) in [4.78, 5) is 14.6. The van der Waals surface area contributed by atoms with Gasteiger partial charge in [-0.15, -0.1) is 0 Å². The topological polar surface area (TPSA) is 44.4 Å². The molecule has 1 aliphatic heterocycles. The Hall–Kier alpha value is -1.91. The first kappa shape index (κ1) is 16.0. The van der Waals surface area contributed by atoms with Gasteiger partial charge >= 0.3 is 0 Å². The molecule has 2 aromatic carbocycles. The van der Waals surface area contributed by atoms with E-state index in [0.29, 0.717) is 6.54 Å². The Morgan fingerprint density at radius 3 is 2.91 bits per heavy atom. The molecule has 122 valence electrons. The van der Waals surface area contributed by atoms with E-state index in [4.69, 9.17) is 0 Å². The van der Waals surface area contributed by atoms with Crippen molar-refractivity contribution < 1.29 is 4.79 Å². The van der Waals surface area contributed by atoms with Crippen molar-refractivity contribution in [3.8, 4) is 0 Å². The second kappa shape index (κ2) is 7.57. The van der Waals surface area contributed by atoms with Gasteiger partial charge in [0.15, 0.2) is 0 Å². The standard InChI is InChI=1S/C19H25N3O/c1-15(17-9-4-7-16-6-2-3-8-18(16)17)21-19(23)14-22-12-5-10-20-11-13-22/h2-4,6-9,15,20H,5,10-14H2,1H3,(H,21,23). The van der Waals surface area contributed by atoms with E-state index < -0.39 is 0 Å². The van der Waals surface area contributed by atoms with E-state index in [1.54, 1.807) is 0 Å². The van der Waals surface area contributed by atoms with Crippen LogP contribution in [0.15, 0.2) is 42.5 Å². The van der Waals surface area contributed by atoms with Gasteiger partial charge in [-0.25, -0.2) is 0 Å². The number of nitrogens with one attached hydrogen (secondary N) is 2. The van der Waals surface area contributed by atoms with Gasteiger partial charge in [0, 0.05) is 13.1 Å². The average Bonchev–Trinajstić information content (AvgIpc) is 2.82. The predicted molar refractivity (Wildman–Crippen MR) is 94.4 cm³/mol. The highest BCUT2D eigenvalue weighted by molar-refractivity contribution is 5.87. The molecule has 0 aromatic heterocycles. The molecule has 1 heterocycles. The minimum absolute atomic E-state index is 0.0127. The Morgan fingerprint density at radius 2 is 2.00 bits per heavy atom. The van der Waals surface area contributed by atoms with Crippen LogP contribution in [0.5, 0.6) is 0 Å². The minimum atomic E-state index is 0.0127. The molecule has 1 fully saturated rings. The molecule has 0 saturated carbocycles. The van der Waals surface area contributed by atoms with Crippen LogP contribution < -0.4 is 10.6 Å². The van der Waals surface area contributed by atoms with Crippen LogP contribution >= 0.6 is 0 Å². The molecule has 1 saturated heterocycles. The molecule has 4 heteroatoms. The van der Waals surface area contributed by atoms with Gasteiger partial charge in [0.1, 0.15) is 0 Å². The van der Waals surface area contributed by atoms with Crippen LogP contribution in [0.25, 0.3) is 10.8 Å². The first-order valence-electron chi connectivity index (χ1n) is 8.44. The molecule has 1 atom stereocenters. The summed E-state index contributed by atoms with van der Waals surface area (Å²) >= 11 is 0. The third kappa shape index (κ3) is 4.09. The highest BCUT2D eigenvalue weighted by Crippen LogP contribution is 2.23. The van der Waals surface area contributed by atoms with E-state index in [2.05, 4.69) is 52.8 Å². The van der Waals surface area contributed by atoms with Crippen LogP contribution in [0.1, 0.15) is 24.9 Å². The smallest absolute Gasteiger partial charge is 0.234 e. The maximum absolute atomic E-state index is 12.4. The minimum Gasteiger partial charge on any atom is -0.348 e. The number of rotatable bonds is 4. The van der Waals surface area contributed by atoms with Crippen molar-refractivity contribution in [3.05, 3.63) is 48.0 Å². The molecular formula is C19H25N3O. The molecule has 4 nitrogen and oxygen atoms in total. The van der Waals surface area contributed by atoms with E-state index in [1.165, 1.54) is 16.3 Å². The Balaban J connectivity index is 1.65. The van der Waals surface area contributed by atoms with Crippen molar-refractivity contribution in [2.45, 2.75) is 19.4 Å². The molecule has 2 aromatic rings. The zero-order chi connectivity index (χ0) is 16.1. The van der Waals surface area contributed by atoms with Gasteiger partial charge in [0.25, 0.3) is 0 Å². The number of hydrogen-bond donors (Lipinski definition) is 2. The van der Waals surface area contributed by atoms with E-state index >= 15 is 0 Å². The van der Waals surface area contributed by atoms with Crippen molar-refractivity contribution in [3.63, 3.8) is 0 Å². The molecule has 0 radical (unpaired) electrons. The number of benzene rings is 2. The molecule has 1 unspecified atom stereocenters. The summed E-state index contributed by atoms with van der Waals surface area (Å²) in [5.41, 5.74) is 1.17. The summed E-state index contributed by atoms with van der Waals surface area (Å²) in [6.45, 7) is 6.48. The fourth-order valence-corrected chi connectivity index (χ4v) is 3.26. The second-order valence-electron chi connectivity index (χ2n) is 6.24. The predicted octanol–water partition coefficient (Wildman–Crippen LogP) is 2.31. The number of carbonyl (C=O) groups is 1. The van der Waals surface area contributed by atoms with E-state index in [1.807, 2.05) is 12.1 Å². The lowest BCUT2D eigenvalue weighted by Gasteiger charge is -2.21. The lowest BCUT2D eigenvalue weighted by molar-refractivity contribution is -0.122. The summed E-state index contributed by atoms with van der Waals surface area (Å²) < 4.78 is 0. The molecule has 1 aliphatic rings. The Labute approximate surface area is 137 Å². The number of amides is 1. The van der Waals surface area contributed by atoms with Crippen LogP contribution in [0, 0.1) is 0 Å². The van der Waals surface area contributed by atoms with Crippen LogP contribution in [0.2, 0.25) is 0 Å². The maximum atomic E-state index is 12.4. The van der Waals surface area contributed by atoms with Gasteiger partial charge in [-0.1, -0.05) is 42.5 Å². The third-order valence-electron chi connectivity index (χ3n) is 4.47. The molecule has 0 aliphatic carbocycles. The van der Waals surface area contributed by atoms with Crippen LogP contribution in [-0.4, -0.2) is 43.5 Å². The second-order valence-corrected chi connectivity index (χ2v) is 6.24. The average molecular weight is 311 g/mol. The first-order valence-corrected chi connectivity index (χ1v) is 8.44. The van der Waals surface area contributed by atoms with Crippen LogP contribution in [0.3, 0.4) is 0 Å². The van der Waals surface area contributed by atoms with Gasteiger partial charge in [-0.05, 0) is 42.8 Å². The van der Waals surface area contributed by atoms with Crippen molar-refractivity contribution in [1.82, 2.24) is 15.5 Å². The van der Waals surface area contributed by atoms with E-state index in [-0.39, 0.29) is 11.9 Å². The zero-order valence-electron chi connectivity index (χ0n) is 13.7. The van der Waals surface area contributed by atoms with E-state index in [0.717, 1.165) is 32.6 Å². The lowest BCUT2D eigenvalue weighted by atomic mass is 10.00. The van der Waals surface area contributed by atoms with Gasteiger partial charge in [0.2, 0.25) is 5.91 Å². The Morgan fingerprint density at radius 1 is 1.17 bits per heavy atom. The number of fused-ring (bicyclic) bond motifs is 1. The molecule has 0 bridgehead atoms. The Kier molecular flexibility index (Phi) is 5.26. The number of hydrogen-bond acceptors (Lipinski definition) is 3. The van der Waals surface area contributed by atoms with E-state index in [9.17, 15) is 4.79 Å². The lowest BCUT2D eigenvalue weighted by Crippen LogP contribution is -2.39. The van der Waals surface area contributed by atoms with Crippen molar-refractivity contribution in [2.24, 2.45) is 0 Å². The quantitative estimate of drug-likeness (QED) is 0.911. The third-order valence-corrected chi connectivity index (χ3v) is 4.47. The molecule has 0 spiro atoms. The fraction of sp³-hybridized carbons (Fsp3) is 0.421. The van der Waals surface area contributed by atoms with Crippen LogP contribution in [-0.2, 0) is 4.79 Å². The molecule has 1 amide bonds. The number of carbonyl (C=O) groups excluding carboxylic acids is 1. The molecule has 2 N–H and O–H groups in total. The SMILES string of the molecule is CC(NC(=O)CN1CCCNCC1)c1cccc2ccccc12. The molecule has 23 heavy (non-hydrogen) atoms. The van der Waals surface area contributed by atoms with Gasteiger partial charge in [-0.3, -0.25) is 9.69 Å². The van der Waals surface area contributed by atoms with Crippen molar-refractivity contribution in [1.29, 1.82) is 0 Å². The van der Waals surface area contributed by atoms with Gasteiger partial charge < -0.3 is 10.6 Å². The highest BCUT2D eigenvalue weighted by Gasteiger charge is 2.16. The molecular weight excluding hydrogens is 286 g/mol. The summed E-state index contributed by atoms with van der Waals surface area (Å²) in [6.07, 6.45) is 1.10. The summed E-state index contributed by atoms with van der Waals surface area (Å²) in [5, 5.41) is 8.94. The summed E-state index contributed by atoms with van der Waals surface area (Å²) in [5.74, 6) is 0.104. The normalized spacial score (nSPS) is 17.6. The van der Waals surface area contributed by atoms with Gasteiger partial charge in [-0.2, -0.15) is 0 Å². The maximum Gasteiger partial charge on any atom is 0.234 e. The fourth-order valence-electron chi connectivity index (χ4n) is 3.26.